The lowest BCUT2D eigenvalue weighted by Gasteiger charge is -2.12. The zero-order chi connectivity index (χ0) is 24.2. The van der Waals surface area contributed by atoms with Crippen LogP contribution in [0.5, 0.6) is 5.75 Å². The van der Waals surface area contributed by atoms with E-state index in [0.717, 1.165) is 38.4 Å². The normalized spacial score (nSPS) is 11.1. The van der Waals surface area contributed by atoms with Crippen molar-refractivity contribution >= 4 is 39.0 Å². The fraction of sp³-hybridized carbons (Fsp3) is 0.154. The summed E-state index contributed by atoms with van der Waals surface area (Å²) in [6.07, 6.45) is 3.66. The van der Waals surface area contributed by atoms with Crippen LogP contribution in [0.4, 0.5) is 11.5 Å². The van der Waals surface area contributed by atoms with Crippen LogP contribution in [0.15, 0.2) is 72.4 Å². The van der Waals surface area contributed by atoms with E-state index in [1.165, 1.54) is 0 Å². The van der Waals surface area contributed by atoms with Gasteiger partial charge in [-0.25, -0.2) is 9.97 Å². The van der Waals surface area contributed by atoms with Gasteiger partial charge in [0, 0.05) is 29.1 Å². The molecular formula is C26H24N6O2S. The average molecular weight is 485 g/mol. The summed E-state index contributed by atoms with van der Waals surface area (Å²) in [7, 11) is 0. The van der Waals surface area contributed by atoms with Gasteiger partial charge in [0.2, 0.25) is 0 Å². The Kier molecular flexibility index (Phi) is 6.40. The number of carbonyl (C=O) groups is 1. The minimum atomic E-state index is -0.160. The van der Waals surface area contributed by atoms with Gasteiger partial charge >= 0.3 is 0 Å². The van der Waals surface area contributed by atoms with E-state index < -0.39 is 0 Å². The van der Waals surface area contributed by atoms with E-state index >= 15 is 0 Å². The van der Waals surface area contributed by atoms with Crippen molar-refractivity contribution in [3.63, 3.8) is 0 Å². The molecule has 176 valence electrons. The fourth-order valence-corrected chi connectivity index (χ4v) is 4.37. The van der Waals surface area contributed by atoms with Crippen molar-refractivity contribution in [2.24, 2.45) is 0 Å². The number of hydrogen-bond donors (Lipinski definition) is 3. The van der Waals surface area contributed by atoms with Gasteiger partial charge in [0.15, 0.2) is 12.4 Å². The molecule has 35 heavy (non-hydrogen) atoms. The first-order chi connectivity index (χ1) is 17.0. The lowest BCUT2D eigenvalue weighted by molar-refractivity contribution is -0.123. The Balaban J connectivity index is 1.39. The number of fused-ring (bicyclic) bond motifs is 1. The van der Waals surface area contributed by atoms with E-state index in [1.807, 2.05) is 80.0 Å². The number of nitrogens with zero attached hydrogens (tertiary/aromatic N) is 3. The number of benzene rings is 2. The van der Waals surface area contributed by atoms with Gasteiger partial charge in [-0.1, -0.05) is 24.3 Å². The first-order valence-corrected chi connectivity index (χ1v) is 12.1. The standard InChI is InChI=1S/C26H24N6O2S/c1-16(2)29-23(33)15-34-21-5-3-4-18(12-21)24-31-25(22-10-11-35-26(22)32-24)30-20-8-6-17(7-9-20)19-13-27-28-14-19/h3-14,16H,15H2,1-2H3,(H,27,28)(H,29,33)(H,30,31,32). The Hall–Kier alpha value is -4.24. The van der Waals surface area contributed by atoms with Crippen LogP contribution in [0.2, 0.25) is 0 Å². The second-order valence-corrected chi connectivity index (χ2v) is 9.16. The van der Waals surface area contributed by atoms with Crippen LogP contribution < -0.4 is 15.4 Å². The van der Waals surface area contributed by atoms with Crippen molar-refractivity contribution in [1.82, 2.24) is 25.5 Å². The number of nitrogens with one attached hydrogen (secondary N) is 3. The summed E-state index contributed by atoms with van der Waals surface area (Å²) in [5, 5.41) is 16.1. The smallest absolute Gasteiger partial charge is 0.258 e. The maximum absolute atomic E-state index is 11.9. The molecular weight excluding hydrogens is 460 g/mol. The summed E-state index contributed by atoms with van der Waals surface area (Å²) in [6.45, 7) is 3.78. The van der Waals surface area contributed by atoms with E-state index in [9.17, 15) is 4.79 Å². The van der Waals surface area contributed by atoms with Crippen LogP contribution in [0.3, 0.4) is 0 Å². The highest BCUT2D eigenvalue weighted by Gasteiger charge is 2.13. The largest absolute Gasteiger partial charge is 0.484 e. The molecule has 1 amide bonds. The van der Waals surface area contributed by atoms with Gasteiger partial charge in [0.25, 0.3) is 5.91 Å². The van der Waals surface area contributed by atoms with Crippen LogP contribution in [0.25, 0.3) is 32.7 Å². The molecule has 0 saturated carbocycles. The Bertz CT molecular complexity index is 1440. The SMILES string of the molecule is CC(C)NC(=O)COc1cccc(-c2nc(Nc3ccc(-c4cn[nH]c4)cc3)c3ccsc3n2)c1. The number of aromatic nitrogens is 4. The molecule has 2 aromatic carbocycles. The van der Waals surface area contributed by atoms with Crippen molar-refractivity contribution in [2.75, 3.05) is 11.9 Å². The molecule has 0 aliphatic rings. The molecule has 3 aromatic heterocycles. The Labute approximate surface area is 206 Å². The minimum Gasteiger partial charge on any atom is -0.484 e. The summed E-state index contributed by atoms with van der Waals surface area (Å²) >= 11 is 1.56. The quantitative estimate of drug-likeness (QED) is 0.273. The van der Waals surface area contributed by atoms with Gasteiger partial charge in [-0.15, -0.1) is 11.3 Å². The van der Waals surface area contributed by atoms with Crippen molar-refractivity contribution in [2.45, 2.75) is 19.9 Å². The lowest BCUT2D eigenvalue weighted by Crippen LogP contribution is -2.34. The second kappa shape index (κ2) is 9.94. The Morgan fingerprint density at radius 1 is 1.06 bits per heavy atom. The molecule has 9 heteroatoms. The molecule has 0 saturated heterocycles. The van der Waals surface area contributed by atoms with Crippen molar-refractivity contribution < 1.29 is 9.53 Å². The van der Waals surface area contributed by atoms with E-state index in [0.29, 0.717) is 11.6 Å². The minimum absolute atomic E-state index is 0.0475. The number of thiophene rings is 1. The maximum Gasteiger partial charge on any atom is 0.258 e. The van der Waals surface area contributed by atoms with Crippen molar-refractivity contribution in [3.05, 3.63) is 72.4 Å². The number of ether oxygens (including phenoxy) is 1. The summed E-state index contributed by atoms with van der Waals surface area (Å²) < 4.78 is 5.68. The molecule has 0 unspecified atom stereocenters. The van der Waals surface area contributed by atoms with E-state index in [2.05, 4.69) is 20.8 Å². The van der Waals surface area contributed by atoms with Crippen LogP contribution >= 0.6 is 11.3 Å². The van der Waals surface area contributed by atoms with E-state index in [4.69, 9.17) is 14.7 Å². The highest BCUT2D eigenvalue weighted by Crippen LogP contribution is 2.32. The molecule has 0 atom stereocenters. The summed E-state index contributed by atoms with van der Waals surface area (Å²) in [4.78, 5) is 22.4. The van der Waals surface area contributed by atoms with Gasteiger partial charge in [0.1, 0.15) is 16.4 Å². The summed E-state index contributed by atoms with van der Waals surface area (Å²) in [5.74, 6) is 1.73. The number of anilines is 2. The highest BCUT2D eigenvalue weighted by atomic mass is 32.1. The molecule has 0 spiro atoms. The molecule has 3 heterocycles. The summed E-state index contributed by atoms with van der Waals surface area (Å²) in [5.41, 5.74) is 3.83. The van der Waals surface area contributed by atoms with E-state index in [-0.39, 0.29) is 18.6 Å². The van der Waals surface area contributed by atoms with Crippen LogP contribution in [-0.4, -0.2) is 38.7 Å². The number of amides is 1. The van der Waals surface area contributed by atoms with Crippen molar-refractivity contribution in [3.8, 4) is 28.3 Å². The molecule has 0 aliphatic heterocycles. The molecule has 5 aromatic rings. The number of H-pyrrole nitrogens is 1. The van der Waals surface area contributed by atoms with Crippen LogP contribution in [-0.2, 0) is 4.79 Å². The van der Waals surface area contributed by atoms with Gasteiger partial charge in [-0.3, -0.25) is 9.89 Å². The monoisotopic (exact) mass is 484 g/mol. The van der Waals surface area contributed by atoms with Gasteiger partial charge in [0.05, 0.1) is 11.6 Å². The predicted octanol–water partition coefficient (Wildman–Crippen LogP) is 5.40. The Morgan fingerprint density at radius 3 is 2.69 bits per heavy atom. The molecule has 8 nitrogen and oxygen atoms in total. The third kappa shape index (κ3) is 5.30. The number of rotatable bonds is 8. The third-order valence-electron chi connectivity index (χ3n) is 5.22. The molecule has 3 N–H and O–H groups in total. The first-order valence-electron chi connectivity index (χ1n) is 11.2. The summed E-state index contributed by atoms with van der Waals surface area (Å²) in [6, 6.07) is 17.6. The topological polar surface area (TPSA) is 105 Å². The third-order valence-corrected chi connectivity index (χ3v) is 6.02. The van der Waals surface area contributed by atoms with E-state index in [1.54, 1.807) is 17.5 Å². The molecule has 5 rings (SSSR count). The molecule has 0 aliphatic carbocycles. The second-order valence-electron chi connectivity index (χ2n) is 8.26. The van der Waals surface area contributed by atoms with Crippen LogP contribution in [0.1, 0.15) is 13.8 Å². The number of hydrogen-bond acceptors (Lipinski definition) is 7. The fourth-order valence-electron chi connectivity index (χ4n) is 3.61. The van der Waals surface area contributed by atoms with Crippen LogP contribution in [0, 0.1) is 0 Å². The highest BCUT2D eigenvalue weighted by molar-refractivity contribution is 7.16. The van der Waals surface area contributed by atoms with Gasteiger partial charge in [-0.2, -0.15) is 5.10 Å². The van der Waals surface area contributed by atoms with Gasteiger partial charge in [-0.05, 0) is 55.1 Å². The number of carbonyl (C=O) groups excluding carboxylic acids is 1. The average Bonchev–Trinajstić information content (AvgIpc) is 3.56. The van der Waals surface area contributed by atoms with Gasteiger partial charge < -0.3 is 15.4 Å². The number of aromatic amines is 1. The Morgan fingerprint density at radius 2 is 1.91 bits per heavy atom. The zero-order valence-electron chi connectivity index (χ0n) is 19.3. The molecule has 0 radical (unpaired) electrons. The van der Waals surface area contributed by atoms with Crippen molar-refractivity contribution in [1.29, 1.82) is 0 Å². The maximum atomic E-state index is 11.9. The lowest BCUT2D eigenvalue weighted by atomic mass is 10.1. The molecule has 0 fully saturated rings. The zero-order valence-corrected chi connectivity index (χ0v) is 20.1. The predicted molar refractivity (Wildman–Crippen MR) is 139 cm³/mol. The first kappa shape index (κ1) is 22.5. The molecule has 0 bridgehead atoms.